The minimum atomic E-state index is -0.206. The van der Waals surface area contributed by atoms with Crippen molar-refractivity contribution in [2.45, 2.75) is 37.6 Å². The van der Waals surface area contributed by atoms with Gasteiger partial charge in [0.1, 0.15) is 0 Å². The summed E-state index contributed by atoms with van der Waals surface area (Å²) < 4.78 is 1.75. The smallest absolute Gasteiger partial charge is 0.293 e. The Bertz CT molecular complexity index is 464. The maximum atomic E-state index is 12.4. The maximum Gasteiger partial charge on any atom is 0.293 e. The van der Waals surface area contributed by atoms with Crippen molar-refractivity contribution in [3.8, 4) is 0 Å². The van der Waals surface area contributed by atoms with Crippen molar-refractivity contribution < 1.29 is 0 Å². The van der Waals surface area contributed by atoms with Crippen molar-refractivity contribution >= 4 is 21.7 Å². The van der Waals surface area contributed by atoms with Crippen molar-refractivity contribution in [2.24, 2.45) is 0 Å². The van der Waals surface area contributed by atoms with Gasteiger partial charge in [0.25, 0.3) is 5.56 Å². The molecule has 0 aliphatic carbocycles. The van der Waals surface area contributed by atoms with Crippen LogP contribution >= 0.6 is 15.9 Å². The van der Waals surface area contributed by atoms with Gasteiger partial charge >= 0.3 is 0 Å². The highest BCUT2D eigenvalue weighted by atomic mass is 79.9. The Kier molecular flexibility index (Phi) is 3.30. The fourth-order valence-corrected chi connectivity index (χ4v) is 2.61. The van der Waals surface area contributed by atoms with Gasteiger partial charge < -0.3 is 9.47 Å². The van der Waals surface area contributed by atoms with E-state index in [-0.39, 0.29) is 11.1 Å². The highest BCUT2D eigenvalue weighted by molar-refractivity contribution is 9.09. The molecule has 4 nitrogen and oxygen atoms in total. The number of rotatable bonds is 1. The SMILES string of the molecule is CC(C)(C)n1ccnc(N2CCC(Br)C2)c1=O. The largest absolute Gasteiger partial charge is 0.351 e. The summed E-state index contributed by atoms with van der Waals surface area (Å²) in [5.74, 6) is 0.573. The third-order valence-corrected chi connectivity index (χ3v) is 3.72. The summed E-state index contributed by atoms with van der Waals surface area (Å²) in [6.07, 6.45) is 4.53. The molecule has 1 aromatic heterocycles. The lowest BCUT2D eigenvalue weighted by molar-refractivity contribution is 0.382. The zero-order chi connectivity index (χ0) is 12.6. The summed E-state index contributed by atoms with van der Waals surface area (Å²) >= 11 is 3.58. The Hall–Kier alpha value is -0.840. The molecule has 0 bridgehead atoms. The fourth-order valence-electron chi connectivity index (χ4n) is 2.06. The minimum absolute atomic E-state index is 0.00148. The van der Waals surface area contributed by atoms with E-state index in [1.807, 2.05) is 20.8 Å². The second kappa shape index (κ2) is 4.44. The fraction of sp³-hybridized carbons (Fsp3) is 0.667. The summed E-state index contributed by atoms with van der Waals surface area (Å²) in [7, 11) is 0. The number of hydrogen-bond donors (Lipinski definition) is 0. The van der Waals surface area contributed by atoms with E-state index < -0.39 is 0 Å². The average molecular weight is 300 g/mol. The van der Waals surface area contributed by atoms with Crippen LogP contribution in [0.4, 0.5) is 5.82 Å². The molecule has 17 heavy (non-hydrogen) atoms. The van der Waals surface area contributed by atoms with Crippen LogP contribution in [-0.2, 0) is 5.54 Å². The molecule has 1 aliphatic heterocycles. The van der Waals surface area contributed by atoms with Crippen molar-refractivity contribution in [1.29, 1.82) is 0 Å². The quantitative estimate of drug-likeness (QED) is 0.744. The van der Waals surface area contributed by atoms with Gasteiger partial charge in [-0.2, -0.15) is 0 Å². The Balaban J connectivity index is 2.40. The molecular weight excluding hydrogens is 282 g/mol. The highest BCUT2D eigenvalue weighted by Gasteiger charge is 2.25. The highest BCUT2D eigenvalue weighted by Crippen LogP contribution is 2.20. The van der Waals surface area contributed by atoms with Crippen LogP contribution in [0.2, 0.25) is 0 Å². The minimum Gasteiger partial charge on any atom is -0.351 e. The molecule has 1 fully saturated rings. The molecule has 0 amide bonds. The monoisotopic (exact) mass is 299 g/mol. The van der Waals surface area contributed by atoms with E-state index in [0.29, 0.717) is 10.6 Å². The molecule has 1 aliphatic rings. The molecule has 1 atom stereocenters. The first-order valence-electron chi connectivity index (χ1n) is 5.87. The lowest BCUT2D eigenvalue weighted by atomic mass is 10.1. The van der Waals surface area contributed by atoms with Gasteiger partial charge in [0, 0.05) is 35.8 Å². The van der Waals surface area contributed by atoms with Crippen LogP contribution in [0.25, 0.3) is 0 Å². The predicted octanol–water partition coefficient (Wildman–Crippen LogP) is 1.97. The lowest BCUT2D eigenvalue weighted by Crippen LogP contribution is -2.38. The molecule has 2 rings (SSSR count). The van der Waals surface area contributed by atoms with Crippen LogP contribution < -0.4 is 10.5 Å². The van der Waals surface area contributed by atoms with Gasteiger partial charge in [0.05, 0.1) is 0 Å². The Morgan fingerprint density at radius 2 is 2.18 bits per heavy atom. The topological polar surface area (TPSA) is 38.1 Å². The molecule has 5 heteroatoms. The van der Waals surface area contributed by atoms with Gasteiger partial charge in [-0.15, -0.1) is 0 Å². The number of aromatic nitrogens is 2. The zero-order valence-electron chi connectivity index (χ0n) is 10.5. The molecule has 0 saturated carbocycles. The molecule has 0 N–H and O–H groups in total. The van der Waals surface area contributed by atoms with Gasteiger partial charge in [0.2, 0.25) is 0 Å². The summed E-state index contributed by atoms with van der Waals surface area (Å²) in [5, 5.41) is 0. The van der Waals surface area contributed by atoms with Gasteiger partial charge in [-0.05, 0) is 27.2 Å². The zero-order valence-corrected chi connectivity index (χ0v) is 12.1. The van der Waals surface area contributed by atoms with Crippen molar-refractivity contribution in [1.82, 2.24) is 9.55 Å². The van der Waals surface area contributed by atoms with Gasteiger partial charge in [-0.25, -0.2) is 4.98 Å². The first-order valence-corrected chi connectivity index (χ1v) is 6.78. The van der Waals surface area contributed by atoms with Crippen LogP contribution in [0.15, 0.2) is 17.2 Å². The standard InChI is InChI=1S/C12H18BrN3O/c1-12(2,3)16-7-5-14-10(11(16)17)15-6-4-9(13)8-15/h5,7,9H,4,6,8H2,1-3H3. The van der Waals surface area contributed by atoms with E-state index >= 15 is 0 Å². The van der Waals surface area contributed by atoms with Crippen LogP contribution in [-0.4, -0.2) is 27.5 Å². The van der Waals surface area contributed by atoms with Gasteiger partial charge in [-0.1, -0.05) is 15.9 Å². The van der Waals surface area contributed by atoms with E-state index in [9.17, 15) is 4.79 Å². The Morgan fingerprint density at radius 1 is 1.47 bits per heavy atom. The normalized spacial score (nSPS) is 20.9. The van der Waals surface area contributed by atoms with E-state index in [2.05, 4.69) is 25.8 Å². The van der Waals surface area contributed by atoms with E-state index in [1.54, 1.807) is 17.0 Å². The number of hydrogen-bond acceptors (Lipinski definition) is 3. The number of alkyl halides is 1. The van der Waals surface area contributed by atoms with Crippen LogP contribution in [0.3, 0.4) is 0 Å². The van der Waals surface area contributed by atoms with Gasteiger partial charge in [-0.3, -0.25) is 4.79 Å². The van der Waals surface area contributed by atoms with E-state index in [0.717, 1.165) is 19.5 Å². The third kappa shape index (κ3) is 2.54. The summed E-state index contributed by atoms with van der Waals surface area (Å²) in [4.78, 5) is 19.1. The Labute approximate surface area is 110 Å². The van der Waals surface area contributed by atoms with Gasteiger partial charge in [0.15, 0.2) is 5.82 Å². The number of nitrogens with zero attached hydrogens (tertiary/aromatic N) is 3. The van der Waals surface area contributed by atoms with Crippen molar-refractivity contribution in [3.63, 3.8) is 0 Å². The number of halogens is 1. The second-order valence-corrected chi connectivity index (χ2v) is 6.72. The molecule has 0 spiro atoms. The summed E-state index contributed by atoms with van der Waals surface area (Å²) in [6, 6.07) is 0. The van der Waals surface area contributed by atoms with Crippen LogP contribution in [0.1, 0.15) is 27.2 Å². The molecule has 1 unspecified atom stereocenters. The molecule has 1 aromatic rings. The molecule has 0 aromatic carbocycles. The summed E-state index contributed by atoms with van der Waals surface area (Å²) in [5.41, 5.74) is -0.205. The van der Waals surface area contributed by atoms with Crippen molar-refractivity contribution in [2.75, 3.05) is 18.0 Å². The molecule has 94 valence electrons. The first-order chi connectivity index (χ1) is 7.89. The maximum absolute atomic E-state index is 12.4. The van der Waals surface area contributed by atoms with Crippen molar-refractivity contribution in [3.05, 3.63) is 22.7 Å². The molecule has 1 saturated heterocycles. The first kappa shape index (κ1) is 12.6. The summed E-state index contributed by atoms with van der Waals surface area (Å²) in [6.45, 7) is 7.82. The lowest BCUT2D eigenvalue weighted by Gasteiger charge is -2.24. The Morgan fingerprint density at radius 3 is 2.71 bits per heavy atom. The van der Waals surface area contributed by atoms with Crippen LogP contribution in [0.5, 0.6) is 0 Å². The second-order valence-electron chi connectivity index (χ2n) is 5.43. The predicted molar refractivity (Wildman–Crippen MR) is 73.0 cm³/mol. The average Bonchev–Trinajstić information content (AvgIpc) is 2.63. The van der Waals surface area contributed by atoms with E-state index in [4.69, 9.17) is 0 Å². The molecule has 0 radical (unpaired) electrons. The molecular formula is C12H18BrN3O. The molecule has 2 heterocycles. The number of anilines is 1. The third-order valence-electron chi connectivity index (χ3n) is 2.98. The van der Waals surface area contributed by atoms with E-state index in [1.165, 1.54) is 0 Å². The van der Waals surface area contributed by atoms with Crippen LogP contribution in [0, 0.1) is 0 Å².